The van der Waals surface area contributed by atoms with E-state index in [1.807, 2.05) is 0 Å². The molecule has 0 atom stereocenters. The zero-order valence-electron chi connectivity index (χ0n) is 7.27. The fourth-order valence-corrected chi connectivity index (χ4v) is 2.08. The molecule has 4 heteroatoms. The predicted molar refractivity (Wildman–Crippen MR) is 53.4 cm³/mol. The minimum Gasteiger partial charge on any atom is -0.390 e. The van der Waals surface area contributed by atoms with Crippen LogP contribution in [0.5, 0.6) is 0 Å². The van der Waals surface area contributed by atoms with Crippen LogP contribution in [0.3, 0.4) is 0 Å². The van der Waals surface area contributed by atoms with E-state index < -0.39 is 0 Å². The van der Waals surface area contributed by atoms with Crippen molar-refractivity contribution in [1.29, 1.82) is 0 Å². The summed E-state index contributed by atoms with van der Waals surface area (Å²) in [5.74, 6) is -0.286. The van der Waals surface area contributed by atoms with Gasteiger partial charge in [-0.2, -0.15) is 0 Å². The lowest BCUT2D eigenvalue weighted by atomic mass is 10.1. The Morgan fingerprint density at radius 2 is 2.14 bits per heavy atom. The summed E-state index contributed by atoms with van der Waals surface area (Å²) in [7, 11) is 0. The Bertz CT molecular complexity index is 441. The zero-order valence-corrected chi connectivity index (χ0v) is 8.09. The van der Waals surface area contributed by atoms with E-state index in [1.54, 1.807) is 23.7 Å². The van der Waals surface area contributed by atoms with Crippen molar-refractivity contribution in [2.75, 3.05) is 0 Å². The molecule has 0 spiro atoms. The summed E-state index contributed by atoms with van der Waals surface area (Å²) in [4.78, 5) is 4.65. The van der Waals surface area contributed by atoms with Crippen molar-refractivity contribution in [3.8, 4) is 10.4 Å². The molecule has 1 aromatic carbocycles. The monoisotopic (exact) mass is 209 g/mol. The Morgan fingerprint density at radius 3 is 2.86 bits per heavy atom. The first-order valence-corrected chi connectivity index (χ1v) is 4.99. The maximum absolute atomic E-state index is 13.4. The van der Waals surface area contributed by atoms with E-state index in [2.05, 4.69) is 4.98 Å². The van der Waals surface area contributed by atoms with Crippen molar-refractivity contribution < 1.29 is 9.50 Å². The van der Waals surface area contributed by atoms with E-state index in [0.29, 0.717) is 16.1 Å². The highest BCUT2D eigenvalue weighted by molar-refractivity contribution is 7.13. The van der Waals surface area contributed by atoms with E-state index in [9.17, 15) is 4.39 Å². The average Bonchev–Trinajstić information content (AvgIpc) is 2.66. The molecule has 0 aliphatic carbocycles. The lowest BCUT2D eigenvalue weighted by molar-refractivity contribution is 0.278. The van der Waals surface area contributed by atoms with Crippen LogP contribution in [0.1, 0.15) is 5.69 Å². The number of nitrogens with zero attached hydrogens (tertiary/aromatic N) is 1. The molecule has 2 nitrogen and oxygen atoms in total. The molecule has 0 aliphatic rings. The Hall–Kier alpha value is -1.26. The molecule has 14 heavy (non-hydrogen) atoms. The second-order valence-corrected chi connectivity index (χ2v) is 3.62. The summed E-state index contributed by atoms with van der Waals surface area (Å²) in [6, 6.07) is 6.48. The van der Waals surface area contributed by atoms with Gasteiger partial charge in [-0.15, -0.1) is 11.3 Å². The van der Waals surface area contributed by atoms with Gasteiger partial charge in [-0.1, -0.05) is 18.2 Å². The predicted octanol–water partition coefficient (Wildman–Crippen LogP) is 2.44. The molecule has 0 unspecified atom stereocenters. The van der Waals surface area contributed by atoms with E-state index >= 15 is 0 Å². The molecule has 0 fully saturated rings. The lowest BCUT2D eigenvalue weighted by Crippen LogP contribution is -1.88. The summed E-state index contributed by atoms with van der Waals surface area (Å²) >= 11 is 1.33. The molecule has 1 heterocycles. The first-order chi connectivity index (χ1) is 6.83. The molecule has 2 aromatic rings. The van der Waals surface area contributed by atoms with E-state index in [4.69, 9.17) is 5.11 Å². The highest BCUT2D eigenvalue weighted by Gasteiger charge is 2.10. The number of hydrogen-bond donors (Lipinski definition) is 1. The Labute approximate surface area is 84.7 Å². The summed E-state index contributed by atoms with van der Waals surface area (Å²) < 4.78 is 13.4. The smallest absolute Gasteiger partial charge is 0.131 e. The molecule has 1 N–H and O–H groups in total. The SMILES string of the molecule is OCc1ncsc1-c1ccccc1F. The van der Waals surface area contributed by atoms with Crippen molar-refractivity contribution in [1.82, 2.24) is 4.98 Å². The lowest BCUT2D eigenvalue weighted by Gasteiger charge is -2.00. The summed E-state index contributed by atoms with van der Waals surface area (Å²) in [6.45, 7) is -0.160. The van der Waals surface area contributed by atoms with Gasteiger partial charge < -0.3 is 5.11 Å². The summed E-state index contributed by atoms with van der Waals surface area (Å²) in [5, 5.41) is 8.98. The quantitative estimate of drug-likeness (QED) is 0.824. The largest absolute Gasteiger partial charge is 0.390 e. The molecule has 0 amide bonds. The van der Waals surface area contributed by atoms with Crippen LogP contribution in [0.25, 0.3) is 10.4 Å². The zero-order chi connectivity index (χ0) is 9.97. The van der Waals surface area contributed by atoms with Crippen LogP contribution in [0, 0.1) is 5.82 Å². The van der Waals surface area contributed by atoms with Gasteiger partial charge in [0.2, 0.25) is 0 Å². The molecule has 2 rings (SSSR count). The molecule has 0 bridgehead atoms. The van der Waals surface area contributed by atoms with Gasteiger partial charge in [-0.3, -0.25) is 0 Å². The number of rotatable bonds is 2. The number of aromatic nitrogens is 1. The third-order valence-electron chi connectivity index (χ3n) is 1.91. The molecular weight excluding hydrogens is 201 g/mol. The van der Waals surface area contributed by atoms with Crippen molar-refractivity contribution in [3.63, 3.8) is 0 Å². The molecule has 0 aliphatic heterocycles. The Balaban J connectivity index is 2.54. The van der Waals surface area contributed by atoms with Crippen LogP contribution in [-0.2, 0) is 6.61 Å². The number of aliphatic hydroxyl groups excluding tert-OH is 1. The molecule has 0 saturated heterocycles. The highest BCUT2D eigenvalue weighted by Crippen LogP contribution is 2.29. The Morgan fingerprint density at radius 1 is 1.36 bits per heavy atom. The first kappa shape index (κ1) is 9.30. The van der Waals surface area contributed by atoms with Gasteiger partial charge in [0.1, 0.15) is 5.82 Å². The third kappa shape index (κ3) is 1.54. The van der Waals surface area contributed by atoms with Gasteiger partial charge in [-0.25, -0.2) is 9.37 Å². The minimum atomic E-state index is -0.286. The molecule has 1 aromatic heterocycles. The van der Waals surface area contributed by atoms with Crippen LogP contribution in [0.4, 0.5) is 4.39 Å². The number of benzene rings is 1. The van der Waals surface area contributed by atoms with Crippen molar-refractivity contribution in [2.45, 2.75) is 6.61 Å². The van der Waals surface area contributed by atoms with Crippen LogP contribution in [0.2, 0.25) is 0 Å². The number of thiazole rings is 1. The van der Waals surface area contributed by atoms with Gasteiger partial charge in [0.15, 0.2) is 0 Å². The van der Waals surface area contributed by atoms with Crippen LogP contribution < -0.4 is 0 Å². The normalized spacial score (nSPS) is 10.4. The van der Waals surface area contributed by atoms with Gasteiger partial charge in [0.25, 0.3) is 0 Å². The van der Waals surface area contributed by atoms with Crippen molar-refractivity contribution >= 4 is 11.3 Å². The standard InChI is InChI=1S/C10H8FNOS/c11-8-4-2-1-3-7(8)10-9(5-13)12-6-14-10/h1-4,6,13H,5H2. The third-order valence-corrected chi connectivity index (χ3v) is 2.81. The average molecular weight is 209 g/mol. The van der Waals surface area contributed by atoms with Crippen LogP contribution in [-0.4, -0.2) is 10.1 Å². The molecule has 0 radical (unpaired) electrons. The maximum Gasteiger partial charge on any atom is 0.131 e. The molecule has 0 saturated carbocycles. The fraction of sp³-hybridized carbons (Fsp3) is 0.100. The number of aliphatic hydroxyl groups is 1. The Kier molecular flexibility index (Phi) is 2.56. The highest BCUT2D eigenvalue weighted by atomic mass is 32.1. The summed E-state index contributed by atoms with van der Waals surface area (Å²) in [6.07, 6.45) is 0. The minimum absolute atomic E-state index is 0.160. The van der Waals surface area contributed by atoms with Crippen molar-refractivity contribution in [2.24, 2.45) is 0 Å². The second-order valence-electron chi connectivity index (χ2n) is 2.77. The van der Waals surface area contributed by atoms with E-state index in [-0.39, 0.29) is 12.4 Å². The van der Waals surface area contributed by atoms with Gasteiger partial charge >= 0.3 is 0 Å². The fourth-order valence-electron chi connectivity index (χ4n) is 1.25. The van der Waals surface area contributed by atoms with Gasteiger partial charge in [-0.05, 0) is 6.07 Å². The summed E-state index contributed by atoms with van der Waals surface area (Å²) in [5.41, 5.74) is 2.63. The van der Waals surface area contributed by atoms with Crippen molar-refractivity contribution in [3.05, 3.63) is 41.3 Å². The van der Waals surface area contributed by atoms with Gasteiger partial charge in [0.05, 0.1) is 22.7 Å². The second kappa shape index (κ2) is 3.86. The topological polar surface area (TPSA) is 33.1 Å². The number of hydrogen-bond acceptors (Lipinski definition) is 3. The number of halogens is 1. The maximum atomic E-state index is 13.4. The van der Waals surface area contributed by atoms with Crippen LogP contribution in [0.15, 0.2) is 29.8 Å². The van der Waals surface area contributed by atoms with Gasteiger partial charge in [0, 0.05) is 5.56 Å². The van der Waals surface area contributed by atoms with Crippen LogP contribution >= 0.6 is 11.3 Å². The molecular formula is C10H8FNOS. The first-order valence-electron chi connectivity index (χ1n) is 4.11. The van der Waals surface area contributed by atoms with E-state index in [1.165, 1.54) is 17.4 Å². The van der Waals surface area contributed by atoms with E-state index in [0.717, 1.165) is 0 Å². The molecule has 72 valence electrons.